The molecule has 1 fully saturated rings. The third-order valence-corrected chi connectivity index (χ3v) is 3.59. The van der Waals surface area contributed by atoms with Crippen LogP contribution in [0.15, 0.2) is 42.7 Å². The molecule has 2 aromatic rings. The second-order valence-corrected chi connectivity index (χ2v) is 4.83. The van der Waals surface area contributed by atoms with Gasteiger partial charge in [0.1, 0.15) is 11.1 Å². The number of pyridine rings is 1. The molecule has 3 heterocycles. The number of aromatic nitrogens is 2. The van der Waals surface area contributed by atoms with Crippen LogP contribution in [0.25, 0.3) is 5.57 Å². The zero-order valence-corrected chi connectivity index (χ0v) is 10.5. The molecule has 0 saturated carbocycles. The maximum Gasteiger partial charge on any atom is 0.186 e. The van der Waals surface area contributed by atoms with Crippen molar-refractivity contribution in [2.45, 2.75) is 12.4 Å². The summed E-state index contributed by atoms with van der Waals surface area (Å²) in [4.78, 5) is 8.29. The molecule has 0 spiro atoms. The summed E-state index contributed by atoms with van der Waals surface area (Å²) in [5.41, 5.74) is 1.79. The number of nitrogens with zero attached hydrogens (tertiary/aromatic N) is 2. The zero-order valence-electron chi connectivity index (χ0n) is 9.65. The van der Waals surface area contributed by atoms with Gasteiger partial charge in [0.25, 0.3) is 0 Å². The summed E-state index contributed by atoms with van der Waals surface area (Å²) >= 11 is 1.56. The first-order valence-corrected chi connectivity index (χ1v) is 6.48. The highest BCUT2D eigenvalue weighted by atomic mass is 32.1. The van der Waals surface area contributed by atoms with Crippen LogP contribution in [0.1, 0.15) is 16.9 Å². The van der Waals surface area contributed by atoms with Crippen LogP contribution in [0.2, 0.25) is 0 Å². The number of rotatable bonds is 3. The van der Waals surface area contributed by atoms with Crippen molar-refractivity contribution in [2.24, 2.45) is 0 Å². The zero-order chi connectivity index (χ0) is 12.4. The summed E-state index contributed by atoms with van der Waals surface area (Å²) in [6.07, 6.45) is 4.74. The molecule has 4 nitrogen and oxygen atoms in total. The van der Waals surface area contributed by atoms with Gasteiger partial charge >= 0.3 is 0 Å². The van der Waals surface area contributed by atoms with E-state index in [1.165, 1.54) is 0 Å². The van der Waals surface area contributed by atoms with Crippen LogP contribution in [-0.2, 0) is 9.47 Å². The maximum absolute atomic E-state index is 5.84. The van der Waals surface area contributed by atoms with E-state index in [2.05, 4.69) is 16.5 Å². The first kappa shape index (κ1) is 11.5. The SMILES string of the molecule is C=C(c1nccs1)C1COC(c2cccnc2)O1. The van der Waals surface area contributed by atoms with Crippen molar-refractivity contribution in [3.8, 4) is 0 Å². The summed E-state index contributed by atoms with van der Waals surface area (Å²) in [6, 6.07) is 3.80. The Morgan fingerprint density at radius 3 is 3.11 bits per heavy atom. The van der Waals surface area contributed by atoms with Gasteiger partial charge in [0.15, 0.2) is 6.29 Å². The summed E-state index contributed by atoms with van der Waals surface area (Å²) in [5, 5.41) is 2.82. The lowest BCUT2D eigenvalue weighted by molar-refractivity contribution is -0.0522. The highest BCUT2D eigenvalue weighted by molar-refractivity contribution is 7.10. The summed E-state index contributed by atoms with van der Waals surface area (Å²) in [5.74, 6) is 0. The van der Waals surface area contributed by atoms with Gasteiger partial charge in [-0.3, -0.25) is 4.98 Å². The van der Waals surface area contributed by atoms with Crippen LogP contribution >= 0.6 is 11.3 Å². The molecular weight excluding hydrogens is 248 g/mol. The number of thiazole rings is 1. The Morgan fingerprint density at radius 2 is 2.39 bits per heavy atom. The molecule has 2 unspecified atom stereocenters. The largest absolute Gasteiger partial charge is 0.345 e. The Balaban J connectivity index is 1.71. The van der Waals surface area contributed by atoms with Crippen molar-refractivity contribution < 1.29 is 9.47 Å². The van der Waals surface area contributed by atoms with E-state index in [9.17, 15) is 0 Å². The number of ether oxygens (including phenoxy) is 2. The first-order chi connectivity index (χ1) is 8.84. The van der Waals surface area contributed by atoms with Gasteiger partial charge in [-0.15, -0.1) is 11.3 Å². The fourth-order valence-electron chi connectivity index (χ4n) is 1.80. The topological polar surface area (TPSA) is 44.2 Å². The van der Waals surface area contributed by atoms with E-state index in [0.717, 1.165) is 16.1 Å². The van der Waals surface area contributed by atoms with E-state index in [-0.39, 0.29) is 12.4 Å². The Hall–Kier alpha value is -1.56. The summed E-state index contributed by atoms with van der Waals surface area (Å²) in [6.45, 7) is 4.53. The van der Waals surface area contributed by atoms with Crippen LogP contribution < -0.4 is 0 Å². The van der Waals surface area contributed by atoms with E-state index in [1.54, 1.807) is 29.9 Å². The predicted molar refractivity (Wildman–Crippen MR) is 69.0 cm³/mol. The molecular formula is C13H12N2O2S. The Bertz CT molecular complexity index is 527. The van der Waals surface area contributed by atoms with Crippen LogP contribution in [0.5, 0.6) is 0 Å². The van der Waals surface area contributed by atoms with Crippen molar-refractivity contribution in [3.63, 3.8) is 0 Å². The van der Waals surface area contributed by atoms with E-state index in [4.69, 9.17) is 9.47 Å². The van der Waals surface area contributed by atoms with E-state index < -0.39 is 0 Å². The third kappa shape index (κ3) is 2.20. The van der Waals surface area contributed by atoms with Crippen molar-refractivity contribution >= 4 is 16.9 Å². The van der Waals surface area contributed by atoms with Crippen LogP contribution in [0, 0.1) is 0 Å². The molecule has 0 aliphatic carbocycles. The second-order valence-electron chi connectivity index (χ2n) is 3.94. The monoisotopic (exact) mass is 260 g/mol. The second kappa shape index (κ2) is 4.97. The Kier molecular flexibility index (Phi) is 3.19. The van der Waals surface area contributed by atoms with Gasteiger partial charge in [0.05, 0.1) is 6.61 Å². The molecule has 3 rings (SSSR count). The molecule has 18 heavy (non-hydrogen) atoms. The molecule has 0 N–H and O–H groups in total. The van der Waals surface area contributed by atoms with Gasteiger partial charge in [0, 0.05) is 35.1 Å². The highest BCUT2D eigenvalue weighted by Crippen LogP contribution is 2.32. The normalized spacial score (nSPS) is 23.1. The Morgan fingerprint density at radius 1 is 1.44 bits per heavy atom. The lowest BCUT2D eigenvalue weighted by Gasteiger charge is -2.11. The summed E-state index contributed by atoms with van der Waals surface area (Å²) < 4.78 is 11.5. The van der Waals surface area contributed by atoms with Gasteiger partial charge in [-0.1, -0.05) is 12.6 Å². The minimum absolute atomic E-state index is 0.138. The molecule has 1 aliphatic rings. The average molecular weight is 260 g/mol. The fourth-order valence-corrected chi connectivity index (χ4v) is 2.45. The van der Waals surface area contributed by atoms with E-state index >= 15 is 0 Å². The minimum Gasteiger partial charge on any atom is -0.345 e. The van der Waals surface area contributed by atoms with Crippen molar-refractivity contribution in [1.29, 1.82) is 0 Å². The van der Waals surface area contributed by atoms with Gasteiger partial charge in [-0.05, 0) is 6.07 Å². The molecule has 0 radical (unpaired) electrons. The first-order valence-electron chi connectivity index (χ1n) is 5.60. The van der Waals surface area contributed by atoms with Crippen LogP contribution in [-0.4, -0.2) is 22.7 Å². The molecule has 0 amide bonds. The molecule has 1 saturated heterocycles. The standard InChI is InChI=1S/C13H12N2O2S/c1-9(12-15-5-6-18-12)11-8-16-13(17-11)10-3-2-4-14-7-10/h2-7,11,13H,1,8H2. The summed E-state index contributed by atoms with van der Waals surface area (Å²) in [7, 11) is 0. The van der Waals surface area contributed by atoms with Crippen molar-refractivity contribution in [2.75, 3.05) is 6.61 Å². The lowest BCUT2D eigenvalue weighted by atomic mass is 10.2. The van der Waals surface area contributed by atoms with Crippen LogP contribution in [0.4, 0.5) is 0 Å². The van der Waals surface area contributed by atoms with Gasteiger partial charge < -0.3 is 9.47 Å². The lowest BCUT2D eigenvalue weighted by Crippen LogP contribution is -2.11. The van der Waals surface area contributed by atoms with Crippen molar-refractivity contribution in [3.05, 3.63) is 53.3 Å². The van der Waals surface area contributed by atoms with Gasteiger partial charge in [0.2, 0.25) is 0 Å². The van der Waals surface area contributed by atoms with Crippen molar-refractivity contribution in [1.82, 2.24) is 9.97 Å². The molecule has 2 atom stereocenters. The minimum atomic E-state index is -0.361. The maximum atomic E-state index is 5.84. The highest BCUT2D eigenvalue weighted by Gasteiger charge is 2.30. The molecule has 5 heteroatoms. The quantitative estimate of drug-likeness (QED) is 0.851. The smallest absolute Gasteiger partial charge is 0.186 e. The van der Waals surface area contributed by atoms with E-state index in [1.807, 2.05) is 17.5 Å². The molecule has 2 aromatic heterocycles. The Labute approximate surface area is 109 Å². The average Bonchev–Trinajstić information content (AvgIpc) is 3.10. The predicted octanol–water partition coefficient (Wildman–Crippen LogP) is 2.67. The number of hydrogen-bond donors (Lipinski definition) is 0. The fraction of sp³-hybridized carbons (Fsp3) is 0.231. The molecule has 0 aromatic carbocycles. The molecule has 0 bridgehead atoms. The van der Waals surface area contributed by atoms with Gasteiger partial charge in [-0.2, -0.15) is 0 Å². The van der Waals surface area contributed by atoms with Crippen LogP contribution in [0.3, 0.4) is 0 Å². The number of hydrogen-bond acceptors (Lipinski definition) is 5. The molecule has 92 valence electrons. The third-order valence-electron chi connectivity index (χ3n) is 2.74. The van der Waals surface area contributed by atoms with E-state index in [0.29, 0.717) is 6.61 Å². The molecule has 1 aliphatic heterocycles. The van der Waals surface area contributed by atoms with Gasteiger partial charge in [-0.25, -0.2) is 4.98 Å².